The number of nitrogens with two attached hydrogens (primary N) is 1. The molecule has 5 atom stereocenters. The molecule has 4 rings (SSSR count). The summed E-state index contributed by atoms with van der Waals surface area (Å²) in [4.78, 5) is 14.2. The molecule has 2 N–H and O–H groups in total. The Morgan fingerprint density at radius 3 is 2.18 bits per heavy atom. The average Bonchev–Trinajstić information content (AvgIpc) is 3.22. The van der Waals surface area contributed by atoms with Crippen molar-refractivity contribution in [1.82, 2.24) is 4.90 Å². The first-order valence-electron chi connectivity index (χ1n) is 10.8. The molecule has 1 amide bonds. The first-order valence-corrected chi connectivity index (χ1v) is 10.8. The van der Waals surface area contributed by atoms with Crippen LogP contribution in [0, 0.1) is 6.92 Å². The molecule has 2 aliphatic heterocycles. The third kappa shape index (κ3) is 4.53. The van der Waals surface area contributed by atoms with E-state index in [2.05, 4.69) is 0 Å². The zero-order valence-corrected chi connectivity index (χ0v) is 18.5. The largest absolute Gasteiger partial charge is 0.416 e. The van der Waals surface area contributed by atoms with Crippen LogP contribution in [0.4, 0.5) is 26.3 Å². The van der Waals surface area contributed by atoms with Crippen molar-refractivity contribution in [3.63, 3.8) is 0 Å². The molecule has 2 aliphatic rings. The standard InChI is InChI=1S/C24H24F6N2O2/c1-12-5-3-4-6-17(12)21-19-10-18(31)22(33)32(19)11-20(21)34-13(2)14-7-15(23(25,26)27)9-16(8-14)24(28,29)30/h3-9,13,18-21H,10-11,31H2,1-2H3/t13-,18?,19+,20+,21+/m1/s1. The monoisotopic (exact) mass is 486 g/mol. The first-order chi connectivity index (χ1) is 15.8. The minimum Gasteiger partial charge on any atom is -0.368 e. The summed E-state index contributed by atoms with van der Waals surface area (Å²) < 4.78 is 85.9. The molecule has 10 heteroatoms. The Kier molecular flexibility index (Phi) is 6.18. The van der Waals surface area contributed by atoms with Gasteiger partial charge in [0.2, 0.25) is 5.91 Å². The van der Waals surface area contributed by atoms with Gasteiger partial charge in [-0.1, -0.05) is 24.3 Å². The van der Waals surface area contributed by atoms with Crippen molar-refractivity contribution in [3.8, 4) is 0 Å². The number of alkyl halides is 6. The molecule has 2 saturated heterocycles. The Bertz CT molecular complexity index is 1050. The number of aryl methyl sites for hydroxylation is 1. The number of amides is 1. The highest BCUT2D eigenvalue weighted by Gasteiger charge is 2.52. The van der Waals surface area contributed by atoms with E-state index in [1.807, 2.05) is 31.2 Å². The molecule has 4 nitrogen and oxygen atoms in total. The van der Waals surface area contributed by atoms with Crippen molar-refractivity contribution in [2.75, 3.05) is 6.54 Å². The van der Waals surface area contributed by atoms with Gasteiger partial charge in [-0.2, -0.15) is 26.3 Å². The number of ether oxygens (including phenoxy) is 1. The van der Waals surface area contributed by atoms with E-state index in [4.69, 9.17) is 10.5 Å². The van der Waals surface area contributed by atoms with E-state index in [0.717, 1.165) is 11.1 Å². The van der Waals surface area contributed by atoms with Crippen LogP contribution in [0.2, 0.25) is 0 Å². The molecule has 1 unspecified atom stereocenters. The van der Waals surface area contributed by atoms with Crippen LogP contribution in [-0.4, -0.2) is 35.5 Å². The van der Waals surface area contributed by atoms with E-state index in [1.54, 1.807) is 4.90 Å². The van der Waals surface area contributed by atoms with Gasteiger partial charge in [0, 0.05) is 18.5 Å². The highest BCUT2D eigenvalue weighted by Crippen LogP contribution is 2.44. The van der Waals surface area contributed by atoms with Gasteiger partial charge in [0.05, 0.1) is 29.4 Å². The molecule has 2 aromatic rings. The summed E-state index contributed by atoms with van der Waals surface area (Å²) in [5.41, 5.74) is 4.79. The maximum Gasteiger partial charge on any atom is 0.416 e. The fourth-order valence-corrected chi connectivity index (χ4v) is 5.04. The lowest BCUT2D eigenvalue weighted by Crippen LogP contribution is -2.36. The first kappa shape index (κ1) is 24.5. The van der Waals surface area contributed by atoms with Gasteiger partial charge < -0.3 is 15.4 Å². The topological polar surface area (TPSA) is 55.6 Å². The SMILES string of the molecule is Cc1ccccc1[C@@H]1[C@@H](O[C@H](C)c2cc(C(F)(F)F)cc(C(F)(F)F)c2)CN2C(=O)C(N)C[C@@H]12. The number of hydrogen-bond donors (Lipinski definition) is 1. The molecule has 0 bridgehead atoms. The number of rotatable bonds is 4. The maximum absolute atomic E-state index is 13.3. The molecular weight excluding hydrogens is 462 g/mol. The second-order valence-electron chi connectivity index (χ2n) is 8.94. The molecule has 2 aromatic carbocycles. The number of halogens is 6. The highest BCUT2D eigenvalue weighted by molar-refractivity contribution is 5.85. The van der Waals surface area contributed by atoms with E-state index >= 15 is 0 Å². The number of hydrogen-bond acceptors (Lipinski definition) is 3. The van der Waals surface area contributed by atoms with Gasteiger partial charge in [0.25, 0.3) is 0 Å². The molecular formula is C24H24F6N2O2. The number of carbonyl (C=O) groups excluding carboxylic acids is 1. The van der Waals surface area contributed by atoms with Gasteiger partial charge in [-0.05, 0) is 55.2 Å². The highest BCUT2D eigenvalue weighted by atomic mass is 19.4. The summed E-state index contributed by atoms with van der Waals surface area (Å²) in [6, 6.07) is 8.04. The molecule has 0 aliphatic carbocycles. The summed E-state index contributed by atoms with van der Waals surface area (Å²) >= 11 is 0. The van der Waals surface area contributed by atoms with Crippen molar-refractivity contribution in [1.29, 1.82) is 0 Å². The molecule has 0 aromatic heterocycles. The molecule has 0 radical (unpaired) electrons. The summed E-state index contributed by atoms with van der Waals surface area (Å²) in [7, 11) is 0. The number of nitrogens with zero attached hydrogens (tertiary/aromatic N) is 1. The predicted molar refractivity (Wildman–Crippen MR) is 112 cm³/mol. The second-order valence-corrected chi connectivity index (χ2v) is 8.94. The lowest BCUT2D eigenvalue weighted by molar-refractivity contribution is -0.143. The zero-order valence-electron chi connectivity index (χ0n) is 18.5. The van der Waals surface area contributed by atoms with Gasteiger partial charge in [-0.25, -0.2) is 0 Å². The van der Waals surface area contributed by atoms with Crippen LogP contribution in [0.5, 0.6) is 0 Å². The minimum atomic E-state index is -4.95. The molecule has 2 heterocycles. The van der Waals surface area contributed by atoms with Gasteiger partial charge in [0.1, 0.15) is 0 Å². The van der Waals surface area contributed by atoms with Crippen LogP contribution < -0.4 is 5.73 Å². The van der Waals surface area contributed by atoms with E-state index in [9.17, 15) is 31.1 Å². The van der Waals surface area contributed by atoms with Crippen LogP contribution in [0.1, 0.15) is 53.2 Å². The van der Waals surface area contributed by atoms with Crippen LogP contribution in [0.3, 0.4) is 0 Å². The van der Waals surface area contributed by atoms with Gasteiger partial charge >= 0.3 is 12.4 Å². The van der Waals surface area contributed by atoms with Crippen molar-refractivity contribution in [2.24, 2.45) is 5.73 Å². The van der Waals surface area contributed by atoms with E-state index < -0.39 is 41.7 Å². The number of carbonyl (C=O) groups is 1. The Morgan fingerprint density at radius 1 is 1.03 bits per heavy atom. The average molecular weight is 486 g/mol. The lowest BCUT2D eigenvalue weighted by atomic mass is 9.85. The maximum atomic E-state index is 13.3. The molecule has 34 heavy (non-hydrogen) atoms. The van der Waals surface area contributed by atoms with E-state index in [0.29, 0.717) is 18.6 Å². The van der Waals surface area contributed by atoms with Gasteiger partial charge in [-0.15, -0.1) is 0 Å². The third-order valence-electron chi connectivity index (χ3n) is 6.69. The van der Waals surface area contributed by atoms with E-state index in [-0.39, 0.29) is 36.0 Å². The van der Waals surface area contributed by atoms with Gasteiger partial charge in [-0.3, -0.25) is 4.79 Å². The quantitative estimate of drug-likeness (QED) is 0.605. The Hall–Kier alpha value is -2.59. The van der Waals surface area contributed by atoms with Crippen LogP contribution in [-0.2, 0) is 21.9 Å². The second kappa shape index (κ2) is 8.57. The van der Waals surface area contributed by atoms with Crippen LogP contribution in [0.15, 0.2) is 42.5 Å². The lowest BCUT2D eigenvalue weighted by Gasteiger charge is -2.28. The van der Waals surface area contributed by atoms with Crippen molar-refractivity contribution >= 4 is 5.91 Å². The molecule has 2 fully saturated rings. The zero-order chi connectivity index (χ0) is 25.0. The smallest absolute Gasteiger partial charge is 0.368 e. The van der Waals surface area contributed by atoms with Crippen LogP contribution >= 0.6 is 0 Å². The van der Waals surface area contributed by atoms with E-state index in [1.165, 1.54) is 6.92 Å². The van der Waals surface area contributed by atoms with Gasteiger partial charge in [0.15, 0.2) is 0 Å². The number of fused-ring (bicyclic) bond motifs is 1. The predicted octanol–water partition coefficient (Wildman–Crippen LogP) is 5.20. The van der Waals surface area contributed by atoms with Crippen molar-refractivity contribution in [2.45, 2.75) is 62.8 Å². The fraction of sp³-hybridized carbons (Fsp3) is 0.458. The van der Waals surface area contributed by atoms with Crippen molar-refractivity contribution < 1.29 is 35.9 Å². The minimum absolute atomic E-state index is 0.0953. The summed E-state index contributed by atoms with van der Waals surface area (Å²) in [6.45, 7) is 3.48. The summed E-state index contributed by atoms with van der Waals surface area (Å²) in [6.07, 6.45) is -11.2. The summed E-state index contributed by atoms with van der Waals surface area (Å²) in [5.74, 6) is -0.546. The Morgan fingerprint density at radius 2 is 1.62 bits per heavy atom. The number of benzene rings is 2. The Balaban J connectivity index is 1.69. The van der Waals surface area contributed by atoms with Crippen LogP contribution in [0.25, 0.3) is 0 Å². The third-order valence-corrected chi connectivity index (χ3v) is 6.69. The molecule has 184 valence electrons. The van der Waals surface area contributed by atoms with Crippen molar-refractivity contribution in [3.05, 3.63) is 70.3 Å². The Labute approximate surface area is 192 Å². The summed E-state index contributed by atoms with van der Waals surface area (Å²) in [5, 5.41) is 0. The normalized spacial score (nSPS) is 26.1. The molecule has 0 saturated carbocycles. The molecule has 0 spiro atoms. The fourth-order valence-electron chi connectivity index (χ4n) is 5.04.